The van der Waals surface area contributed by atoms with Crippen LogP contribution < -0.4 is 16.0 Å². The first kappa shape index (κ1) is 23.4. The molecule has 1 atom stereocenters. The lowest BCUT2D eigenvalue weighted by molar-refractivity contribution is 0.0646. The molecule has 2 rings (SSSR count). The predicted octanol–water partition coefficient (Wildman–Crippen LogP) is 3.66. The van der Waals surface area contributed by atoms with Crippen molar-refractivity contribution in [3.63, 3.8) is 0 Å². The van der Waals surface area contributed by atoms with E-state index < -0.39 is 0 Å². The van der Waals surface area contributed by atoms with E-state index in [-0.39, 0.29) is 12.0 Å². The molecule has 1 unspecified atom stereocenters. The van der Waals surface area contributed by atoms with Crippen molar-refractivity contribution in [2.75, 3.05) is 26.7 Å². The van der Waals surface area contributed by atoms with Crippen molar-refractivity contribution in [2.24, 2.45) is 4.99 Å². The minimum atomic E-state index is -0.0362. The molecule has 0 aliphatic rings. The van der Waals surface area contributed by atoms with E-state index in [0.29, 0.717) is 25.3 Å². The molecule has 0 aromatic heterocycles. The zero-order valence-corrected chi connectivity index (χ0v) is 18.3. The fraction of sp³-hybridized carbons (Fsp3) is 0.417. The fourth-order valence-corrected chi connectivity index (χ4v) is 2.93. The Morgan fingerprint density at radius 3 is 2.57 bits per heavy atom. The van der Waals surface area contributed by atoms with Crippen molar-refractivity contribution < 1.29 is 9.53 Å². The number of carbonyl (C=O) groups is 1. The number of amides is 1. The number of hydrogen-bond acceptors (Lipinski definition) is 3. The molecular formula is C24H34N4O2. The van der Waals surface area contributed by atoms with Gasteiger partial charge in [0, 0.05) is 38.9 Å². The van der Waals surface area contributed by atoms with E-state index in [0.717, 1.165) is 30.9 Å². The van der Waals surface area contributed by atoms with Gasteiger partial charge in [0.25, 0.3) is 5.91 Å². The lowest BCUT2D eigenvalue weighted by atomic mass is 10.1. The first-order valence-corrected chi connectivity index (χ1v) is 10.6. The van der Waals surface area contributed by atoms with Gasteiger partial charge in [-0.25, -0.2) is 0 Å². The van der Waals surface area contributed by atoms with Gasteiger partial charge in [0.2, 0.25) is 0 Å². The van der Waals surface area contributed by atoms with Crippen LogP contribution in [0, 0.1) is 0 Å². The third-order valence-corrected chi connectivity index (χ3v) is 4.66. The molecule has 0 aliphatic heterocycles. The Morgan fingerprint density at radius 1 is 1.03 bits per heavy atom. The number of nitrogens with one attached hydrogen (secondary N) is 3. The summed E-state index contributed by atoms with van der Waals surface area (Å²) < 4.78 is 5.90. The Balaban J connectivity index is 1.69. The quantitative estimate of drug-likeness (QED) is 0.300. The number of carbonyl (C=O) groups excluding carboxylic acids is 1. The summed E-state index contributed by atoms with van der Waals surface area (Å²) in [6.45, 7) is 6.83. The third-order valence-electron chi connectivity index (χ3n) is 4.66. The number of hydrogen-bond donors (Lipinski definition) is 3. The largest absolute Gasteiger partial charge is 0.374 e. The zero-order chi connectivity index (χ0) is 21.6. The third kappa shape index (κ3) is 8.25. The molecule has 3 N–H and O–H groups in total. The Labute approximate surface area is 180 Å². The Kier molecular flexibility index (Phi) is 10.4. The second-order valence-corrected chi connectivity index (χ2v) is 7.09. The van der Waals surface area contributed by atoms with Gasteiger partial charge in [-0.15, -0.1) is 0 Å². The first-order chi connectivity index (χ1) is 14.6. The van der Waals surface area contributed by atoms with E-state index in [2.05, 4.69) is 40.0 Å². The molecular weight excluding hydrogens is 376 g/mol. The Morgan fingerprint density at radius 2 is 1.83 bits per heavy atom. The van der Waals surface area contributed by atoms with Gasteiger partial charge in [-0.3, -0.25) is 9.79 Å². The summed E-state index contributed by atoms with van der Waals surface area (Å²) in [6, 6.07) is 17.9. The standard InChI is InChI=1S/C24H34N4O2/c1-4-14-26-23(29)22-13-8-10-20(17-22)18-28-24(25-3)27-15-9-16-30-19(2)21-11-6-5-7-12-21/h5-8,10-13,17,19H,4,9,14-16,18H2,1-3H3,(H,26,29)(H2,25,27,28). The smallest absolute Gasteiger partial charge is 0.251 e. The minimum Gasteiger partial charge on any atom is -0.374 e. The number of nitrogens with zero attached hydrogens (tertiary/aromatic N) is 1. The summed E-state index contributed by atoms with van der Waals surface area (Å²) in [7, 11) is 1.75. The van der Waals surface area contributed by atoms with Gasteiger partial charge in [-0.1, -0.05) is 49.4 Å². The normalized spacial score (nSPS) is 12.3. The highest BCUT2D eigenvalue weighted by molar-refractivity contribution is 5.94. The molecule has 0 bridgehead atoms. The summed E-state index contributed by atoms with van der Waals surface area (Å²) >= 11 is 0. The van der Waals surface area contributed by atoms with Crippen LogP contribution in [-0.4, -0.2) is 38.6 Å². The molecule has 0 saturated carbocycles. The van der Waals surface area contributed by atoms with Crippen LogP contribution in [0.2, 0.25) is 0 Å². The highest BCUT2D eigenvalue weighted by Crippen LogP contribution is 2.15. The van der Waals surface area contributed by atoms with Crippen LogP contribution in [0.3, 0.4) is 0 Å². The molecule has 30 heavy (non-hydrogen) atoms. The van der Waals surface area contributed by atoms with E-state index in [1.54, 1.807) is 7.05 Å². The van der Waals surface area contributed by atoms with Gasteiger partial charge in [0.1, 0.15) is 0 Å². The Bertz CT molecular complexity index is 793. The number of ether oxygens (including phenoxy) is 1. The maximum absolute atomic E-state index is 12.1. The second-order valence-electron chi connectivity index (χ2n) is 7.09. The van der Waals surface area contributed by atoms with E-state index in [1.165, 1.54) is 5.56 Å². The molecule has 6 nitrogen and oxygen atoms in total. The number of rotatable bonds is 11. The maximum Gasteiger partial charge on any atom is 0.251 e. The lowest BCUT2D eigenvalue weighted by Gasteiger charge is -2.15. The van der Waals surface area contributed by atoms with Gasteiger partial charge in [0.15, 0.2) is 5.96 Å². The average molecular weight is 411 g/mol. The molecule has 1 amide bonds. The van der Waals surface area contributed by atoms with Gasteiger partial charge >= 0.3 is 0 Å². The summed E-state index contributed by atoms with van der Waals surface area (Å²) in [4.78, 5) is 16.4. The monoisotopic (exact) mass is 410 g/mol. The predicted molar refractivity (Wildman–Crippen MR) is 123 cm³/mol. The molecule has 2 aromatic carbocycles. The van der Waals surface area contributed by atoms with E-state index >= 15 is 0 Å². The topological polar surface area (TPSA) is 74.8 Å². The van der Waals surface area contributed by atoms with Crippen molar-refractivity contribution in [2.45, 2.75) is 39.3 Å². The SMILES string of the molecule is CCCNC(=O)c1cccc(CNC(=NC)NCCCOC(C)c2ccccc2)c1. The molecule has 0 aliphatic carbocycles. The van der Waals surface area contributed by atoms with E-state index in [4.69, 9.17) is 4.74 Å². The van der Waals surface area contributed by atoms with Crippen LogP contribution in [0.5, 0.6) is 0 Å². The first-order valence-electron chi connectivity index (χ1n) is 10.6. The lowest BCUT2D eigenvalue weighted by Crippen LogP contribution is -2.37. The average Bonchev–Trinajstić information content (AvgIpc) is 2.79. The van der Waals surface area contributed by atoms with Crippen LogP contribution >= 0.6 is 0 Å². The van der Waals surface area contributed by atoms with Gasteiger partial charge in [-0.05, 0) is 43.0 Å². The summed E-state index contributed by atoms with van der Waals surface area (Å²) in [5, 5.41) is 9.49. The molecule has 0 spiro atoms. The van der Waals surface area contributed by atoms with Gasteiger partial charge in [0.05, 0.1) is 6.10 Å². The van der Waals surface area contributed by atoms with Gasteiger partial charge in [-0.2, -0.15) is 0 Å². The molecule has 0 fully saturated rings. The highest BCUT2D eigenvalue weighted by Gasteiger charge is 2.06. The fourth-order valence-electron chi connectivity index (χ4n) is 2.93. The number of aliphatic imine (C=N–C) groups is 1. The summed E-state index contributed by atoms with van der Waals surface area (Å²) in [5.41, 5.74) is 2.89. The molecule has 6 heteroatoms. The maximum atomic E-state index is 12.1. The summed E-state index contributed by atoms with van der Waals surface area (Å²) in [6.07, 6.45) is 1.89. The van der Waals surface area contributed by atoms with E-state index in [1.807, 2.05) is 49.4 Å². The summed E-state index contributed by atoms with van der Waals surface area (Å²) in [5.74, 6) is 0.692. The Hall–Kier alpha value is -2.86. The molecule has 0 heterocycles. The van der Waals surface area contributed by atoms with Crippen LogP contribution in [0.25, 0.3) is 0 Å². The number of guanidine groups is 1. The van der Waals surface area contributed by atoms with Crippen molar-refractivity contribution >= 4 is 11.9 Å². The van der Waals surface area contributed by atoms with Crippen molar-refractivity contribution in [3.05, 3.63) is 71.3 Å². The highest BCUT2D eigenvalue weighted by atomic mass is 16.5. The van der Waals surface area contributed by atoms with Crippen molar-refractivity contribution in [1.82, 2.24) is 16.0 Å². The number of benzene rings is 2. The van der Waals surface area contributed by atoms with Crippen LogP contribution in [0.1, 0.15) is 54.3 Å². The van der Waals surface area contributed by atoms with Gasteiger partial charge < -0.3 is 20.7 Å². The van der Waals surface area contributed by atoms with Crippen molar-refractivity contribution in [3.8, 4) is 0 Å². The van der Waals surface area contributed by atoms with E-state index in [9.17, 15) is 4.79 Å². The van der Waals surface area contributed by atoms with Crippen molar-refractivity contribution in [1.29, 1.82) is 0 Å². The van der Waals surface area contributed by atoms with Crippen LogP contribution in [-0.2, 0) is 11.3 Å². The zero-order valence-electron chi connectivity index (χ0n) is 18.3. The van der Waals surface area contributed by atoms with Crippen LogP contribution in [0.4, 0.5) is 0 Å². The second kappa shape index (κ2) is 13.4. The van der Waals surface area contributed by atoms with Crippen LogP contribution in [0.15, 0.2) is 59.6 Å². The molecule has 0 radical (unpaired) electrons. The molecule has 162 valence electrons. The molecule has 2 aromatic rings. The minimum absolute atomic E-state index is 0.0362. The molecule has 0 saturated heterocycles.